The number of guanidine groups is 1. The Kier molecular flexibility index (Phi) is 8.99. The van der Waals surface area contributed by atoms with Gasteiger partial charge in [0, 0.05) is 40.2 Å². The monoisotopic (exact) mass is 348 g/mol. The lowest BCUT2D eigenvalue weighted by Crippen LogP contribution is -2.40. The zero-order chi connectivity index (χ0) is 18.7. The molecule has 0 unspecified atom stereocenters. The topological polar surface area (TPSA) is 66.0 Å². The van der Waals surface area contributed by atoms with Crippen molar-refractivity contribution in [2.24, 2.45) is 4.99 Å². The fourth-order valence-electron chi connectivity index (χ4n) is 2.10. The Bertz CT molecular complexity index is 544. The van der Waals surface area contributed by atoms with Crippen LogP contribution in [0.5, 0.6) is 0 Å². The zero-order valence-electron chi connectivity index (χ0n) is 16.1. The highest BCUT2D eigenvalue weighted by Crippen LogP contribution is 2.07. The van der Waals surface area contributed by atoms with E-state index >= 15 is 0 Å². The van der Waals surface area contributed by atoms with Crippen molar-refractivity contribution in [2.75, 3.05) is 33.8 Å². The van der Waals surface area contributed by atoms with Crippen molar-refractivity contribution in [2.45, 2.75) is 39.3 Å². The Balaban J connectivity index is 2.43. The lowest BCUT2D eigenvalue weighted by Gasteiger charge is -2.21. The molecule has 0 aromatic heterocycles. The number of amides is 1. The number of hydrogen-bond acceptors (Lipinski definition) is 3. The second-order valence-corrected chi connectivity index (χ2v) is 6.57. The van der Waals surface area contributed by atoms with Crippen molar-refractivity contribution in [3.63, 3.8) is 0 Å². The van der Waals surface area contributed by atoms with Gasteiger partial charge in [-0.2, -0.15) is 0 Å². The Labute approximate surface area is 151 Å². The van der Waals surface area contributed by atoms with Crippen molar-refractivity contribution < 1.29 is 9.53 Å². The van der Waals surface area contributed by atoms with E-state index in [0.29, 0.717) is 32.0 Å². The second kappa shape index (κ2) is 10.7. The molecule has 0 fully saturated rings. The Morgan fingerprint density at radius 2 is 1.92 bits per heavy atom. The van der Waals surface area contributed by atoms with Crippen molar-refractivity contribution >= 4 is 11.9 Å². The number of nitrogens with one attached hydrogen (secondary N) is 2. The molecule has 0 saturated heterocycles. The number of hydrogen-bond donors (Lipinski definition) is 2. The van der Waals surface area contributed by atoms with E-state index in [9.17, 15) is 4.79 Å². The van der Waals surface area contributed by atoms with Gasteiger partial charge in [0.25, 0.3) is 0 Å². The molecule has 1 aromatic carbocycles. The summed E-state index contributed by atoms with van der Waals surface area (Å²) in [6.07, 6.45) is 0.418. The lowest BCUT2D eigenvalue weighted by molar-refractivity contribution is -0.130. The first-order valence-corrected chi connectivity index (χ1v) is 8.73. The zero-order valence-corrected chi connectivity index (χ0v) is 16.1. The minimum Gasteiger partial charge on any atom is -0.377 e. The van der Waals surface area contributed by atoms with Gasteiger partial charge < -0.3 is 20.3 Å². The first-order chi connectivity index (χ1) is 11.9. The molecule has 0 spiro atoms. The average molecular weight is 348 g/mol. The summed E-state index contributed by atoms with van der Waals surface area (Å²) >= 11 is 0. The van der Waals surface area contributed by atoms with Crippen LogP contribution in [0.2, 0.25) is 0 Å². The minimum atomic E-state index is -0.311. The minimum absolute atomic E-state index is 0.101. The number of methoxy groups -OCH3 is 1. The molecule has 0 saturated carbocycles. The highest BCUT2D eigenvalue weighted by Gasteiger charge is 2.16. The molecular formula is C19H32N4O2. The first kappa shape index (κ1) is 21.0. The Hall–Kier alpha value is -2.08. The van der Waals surface area contributed by atoms with Crippen LogP contribution in [0.4, 0.5) is 0 Å². The molecule has 0 aliphatic heterocycles. The van der Waals surface area contributed by atoms with E-state index in [2.05, 4.69) is 15.6 Å². The van der Waals surface area contributed by atoms with E-state index in [4.69, 9.17) is 4.74 Å². The number of rotatable bonds is 9. The van der Waals surface area contributed by atoms with Crippen LogP contribution in [0, 0.1) is 0 Å². The fourth-order valence-corrected chi connectivity index (χ4v) is 2.10. The summed E-state index contributed by atoms with van der Waals surface area (Å²) in [5, 5.41) is 6.38. The number of ether oxygens (including phenoxy) is 1. The van der Waals surface area contributed by atoms with Crippen molar-refractivity contribution in [1.29, 1.82) is 0 Å². The highest BCUT2D eigenvalue weighted by molar-refractivity contribution is 5.81. The smallest absolute Gasteiger partial charge is 0.224 e. The van der Waals surface area contributed by atoms with Crippen molar-refractivity contribution in [3.05, 3.63) is 35.9 Å². The fraction of sp³-hybridized carbons (Fsp3) is 0.579. The second-order valence-electron chi connectivity index (χ2n) is 6.57. The molecule has 25 heavy (non-hydrogen) atoms. The van der Waals surface area contributed by atoms with Gasteiger partial charge in [-0.05, 0) is 26.3 Å². The summed E-state index contributed by atoms with van der Waals surface area (Å²) in [6, 6.07) is 9.98. The number of nitrogens with zero attached hydrogens (tertiary/aromatic N) is 2. The molecule has 0 heterocycles. The summed E-state index contributed by atoms with van der Waals surface area (Å²) in [4.78, 5) is 18.5. The molecule has 1 amide bonds. The predicted octanol–water partition coefficient (Wildman–Crippen LogP) is 2.02. The van der Waals surface area contributed by atoms with E-state index in [1.807, 2.05) is 58.2 Å². The van der Waals surface area contributed by atoms with Crippen LogP contribution in [-0.4, -0.2) is 56.2 Å². The molecule has 0 bridgehead atoms. The molecule has 1 rings (SSSR count). The average Bonchev–Trinajstić information content (AvgIpc) is 2.60. The van der Waals surface area contributed by atoms with E-state index in [0.717, 1.165) is 12.1 Å². The quantitative estimate of drug-likeness (QED) is 0.529. The molecule has 6 nitrogen and oxygen atoms in total. The summed E-state index contributed by atoms with van der Waals surface area (Å²) in [7, 11) is 3.51. The van der Waals surface area contributed by atoms with Gasteiger partial charge in [0.15, 0.2) is 5.96 Å². The van der Waals surface area contributed by atoms with E-state index in [-0.39, 0.29) is 11.5 Å². The predicted molar refractivity (Wildman–Crippen MR) is 103 cm³/mol. The number of aliphatic imine (C=N–C) groups is 1. The molecule has 2 N–H and O–H groups in total. The number of carbonyl (C=O) groups excluding carboxylic acids is 1. The van der Waals surface area contributed by atoms with Crippen LogP contribution < -0.4 is 10.6 Å². The Morgan fingerprint density at radius 3 is 2.52 bits per heavy atom. The first-order valence-electron chi connectivity index (χ1n) is 8.73. The van der Waals surface area contributed by atoms with E-state index in [1.54, 1.807) is 12.0 Å². The molecular weight excluding hydrogens is 316 g/mol. The molecule has 0 atom stereocenters. The van der Waals surface area contributed by atoms with Crippen LogP contribution in [0.3, 0.4) is 0 Å². The maximum absolute atomic E-state index is 12.3. The van der Waals surface area contributed by atoms with Gasteiger partial charge in [0.2, 0.25) is 5.91 Å². The summed E-state index contributed by atoms with van der Waals surface area (Å²) in [6.45, 7) is 8.45. The highest BCUT2D eigenvalue weighted by atomic mass is 16.5. The van der Waals surface area contributed by atoms with Gasteiger partial charge in [-0.3, -0.25) is 9.79 Å². The third kappa shape index (κ3) is 8.54. The van der Waals surface area contributed by atoms with E-state index in [1.165, 1.54) is 0 Å². The lowest BCUT2D eigenvalue weighted by atomic mass is 10.1. The largest absolute Gasteiger partial charge is 0.377 e. The number of benzene rings is 1. The van der Waals surface area contributed by atoms with Gasteiger partial charge in [0.05, 0.1) is 12.1 Å². The van der Waals surface area contributed by atoms with Crippen molar-refractivity contribution in [1.82, 2.24) is 15.5 Å². The molecule has 6 heteroatoms. The SMILES string of the molecule is CCNC(=NCC(C)(C)OC)NCCC(=O)N(C)Cc1ccccc1. The van der Waals surface area contributed by atoms with Crippen LogP contribution in [0.15, 0.2) is 35.3 Å². The van der Waals surface area contributed by atoms with Gasteiger partial charge in [0.1, 0.15) is 0 Å². The summed E-state index contributed by atoms with van der Waals surface area (Å²) < 4.78 is 5.37. The Morgan fingerprint density at radius 1 is 1.24 bits per heavy atom. The summed E-state index contributed by atoms with van der Waals surface area (Å²) in [5.74, 6) is 0.801. The third-order valence-corrected chi connectivity index (χ3v) is 3.83. The van der Waals surface area contributed by atoms with Crippen LogP contribution in [0.1, 0.15) is 32.8 Å². The maximum atomic E-state index is 12.3. The van der Waals surface area contributed by atoms with Gasteiger partial charge >= 0.3 is 0 Å². The number of carbonyl (C=O) groups is 1. The molecule has 140 valence electrons. The van der Waals surface area contributed by atoms with Gasteiger partial charge in [-0.25, -0.2) is 0 Å². The maximum Gasteiger partial charge on any atom is 0.224 e. The van der Waals surface area contributed by atoms with Crippen LogP contribution in [0.25, 0.3) is 0 Å². The molecule has 0 radical (unpaired) electrons. The van der Waals surface area contributed by atoms with Gasteiger partial charge in [-0.15, -0.1) is 0 Å². The van der Waals surface area contributed by atoms with Gasteiger partial charge in [-0.1, -0.05) is 30.3 Å². The standard InChI is InChI=1S/C19H32N4O2/c1-6-20-18(22-15-19(2,3)25-5)21-13-12-17(24)23(4)14-16-10-8-7-9-11-16/h7-11H,6,12-15H2,1-5H3,(H2,20,21,22). The summed E-state index contributed by atoms with van der Waals surface area (Å²) in [5.41, 5.74) is 0.816. The molecule has 0 aliphatic carbocycles. The third-order valence-electron chi connectivity index (χ3n) is 3.83. The molecule has 1 aromatic rings. The van der Waals surface area contributed by atoms with Crippen LogP contribution in [-0.2, 0) is 16.1 Å². The van der Waals surface area contributed by atoms with Crippen molar-refractivity contribution in [3.8, 4) is 0 Å². The normalized spacial score (nSPS) is 12.0. The van der Waals surface area contributed by atoms with E-state index < -0.39 is 0 Å². The molecule has 0 aliphatic rings. The van der Waals surface area contributed by atoms with Crippen LogP contribution >= 0.6 is 0 Å².